The van der Waals surface area contributed by atoms with Crippen molar-refractivity contribution in [1.82, 2.24) is 14.4 Å². The average molecular weight is 487 g/mol. The van der Waals surface area contributed by atoms with Crippen molar-refractivity contribution in [3.05, 3.63) is 82.8 Å². The van der Waals surface area contributed by atoms with Crippen LogP contribution in [-0.4, -0.2) is 19.5 Å². The molecule has 0 spiro atoms. The molecule has 2 N–H and O–H groups in total. The maximum atomic E-state index is 13.3. The zero-order valence-corrected chi connectivity index (χ0v) is 17.0. The maximum Gasteiger partial charge on any atom is 0.417 e. The number of aliphatic hydroxyl groups is 1. The van der Waals surface area contributed by atoms with Gasteiger partial charge in [0.25, 0.3) is 0 Å². The van der Waals surface area contributed by atoms with Gasteiger partial charge in [-0.2, -0.15) is 26.3 Å². The third-order valence-corrected chi connectivity index (χ3v) is 4.99. The summed E-state index contributed by atoms with van der Waals surface area (Å²) in [4.78, 5) is 7.96. The molecule has 0 aliphatic rings. The topological polar surface area (TPSA) is 62.5 Å². The van der Waals surface area contributed by atoms with Crippen LogP contribution in [0.2, 0.25) is 5.02 Å². The molecular weight excluding hydrogens is 474 g/mol. The van der Waals surface area contributed by atoms with Crippen LogP contribution in [0.25, 0.3) is 16.9 Å². The Hall–Kier alpha value is -3.31. The molecule has 0 amide bonds. The number of imidazole rings is 1. The van der Waals surface area contributed by atoms with Crippen LogP contribution in [0.15, 0.2) is 60.9 Å². The quantitative estimate of drug-likeness (QED) is 0.267. The van der Waals surface area contributed by atoms with E-state index in [2.05, 4.69) is 15.3 Å². The van der Waals surface area contributed by atoms with E-state index in [1.165, 1.54) is 0 Å². The molecule has 0 aliphatic heterocycles. The Morgan fingerprint density at radius 1 is 0.879 bits per heavy atom. The van der Waals surface area contributed by atoms with Crippen LogP contribution in [0.1, 0.15) is 23.0 Å². The summed E-state index contributed by atoms with van der Waals surface area (Å²) in [6, 6.07) is 10.00. The van der Waals surface area contributed by atoms with Crippen LogP contribution in [0.5, 0.6) is 0 Å². The molecule has 0 saturated carbocycles. The summed E-state index contributed by atoms with van der Waals surface area (Å²) in [7, 11) is 0. The highest BCUT2D eigenvalue weighted by Gasteiger charge is 2.33. The Bertz CT molecular complexity index is 1280. The first kappa shape index (κ1) is 22.9. The SMILES string of the molecule is OC(Nc1ccc(C(F)(F)F)cn1)c1c(-c2ccc(Cl)cc2)nc2ccc(C(F)(F)F)cn12. The van der Waals surface area contributed by atoms with E-state index in [4.69, 9.17) is 11.6 Å². The second-order valence-corrected chi connectivity index (χ2v) is 7.41. The van der Waals surface area contributed by atoms with Crippen LogP contribution in [-0.2, 0) is 12.4 Å². The van der Waals surface area contributed by atoms with Crippen LogP contribution in [0.3, 0.4) is 0 Å². The van der Waals surface area contributed by atoms with E-state index in [1.807, 2.05) is 0 Å². The molecule has 1 aromatic carbocycles. The van der Waals surface area contributed by atoms with Crippen molar-refractivity contribution in [2.75, 3.05) is 5.32 Å². The second kappa shape index (κ2) is 8.23. The van der Waals surface area contributed by atoms with Gasteiger partial charge in [-0.3, -0.25) is 4.40 Å². The number of hydrogen-bond acceptors (Lipinski definition) is 4. The predicted octanol–water partition coefficient (Wildman–Crippen LogP) is 6.19. The summed E-state index contributed by atoms with van der Waals surface area (Å²) in [5.41, 5.74) is -1.32. The lowest BCUT2D eigenvalue weighted by atomic mass is 10.1. The lowest BCUT2D eigenvalue weighted by Crippen LogP contribution is -2.15. The van der Waals surface area contributed by atoms with Gasteiger partial charge in [0.15, 0.2) is 6.23 Å². The van der Waals surface area contributed by atoms with Gasteiger partial charge in [-0.05, 0) is 36.4 Å². The van der Waals surface area contributed by atoms with Gasteiger partial charge < -0.3 is 10.4 Å². The number of halogens is 7. The summed E-state index contributed by atoms with van der Waals surface area (Å²) in [6.45, 7) is 0. The van der Waals surface area contributed by atoms with Crippen molar-refractivity contribution in [2.24, 2.45) is 0 Å². The fourth-order valence-corrected chi connectivity index (χ4v) is 3.29. The van der Waals surface area contributed by atoms with Gasteiger partial charge >= 0.3 is 12.4 Å². The third kappa shape index (κ3) is 4.74. The van der Waals surface area contributed by atoms with Crippen molar-refractivity contribution in [3.63, 3.8) is 0 Å². The molecule has 0 radical (unpaired) electrons. The first-order chi connectivity index (χ1) is 15.4. The number of fused-ring (bicyclic) bond motifs is 1. The summed E-state index contributed by atoms with van der Waals surface area (Å²) >= 11 is 5.90. The Kier molecular flexibility index (Phi) is 5.71. The Labute approximate surface area is 187 Å². The standard InChI is InChI=1S/C21H13ClF6N4O/c22-14-5-1-11(2-6-14)17-18(32-10-13(21(26,27)28)4-8-16(32)31-17)19(33)30-15-7-3-12(9-29-15)20(23,24)25/h1-10,19,33H,(H,29,30). The van der Waals surface area contributed by atoms with E-state index < -0.39 is 29.7 Å². The molecule has 0 saturated heterocycles. The Morgan fingerprint density at radius 2 is 1.52 bits per heavy atom. The van der Waals surface area contributed by atoms with E-state index in [0.717, 1.165) is 34.9 Å². The molecule has 0 aliphatic carbocycles. The summed E-state index contributed by atoms with van der Waals surface area (Å²) in [6.07, 6.45) is -9.56. The van der Waals surface area contributed by atoms with Crippen molar-refractivity contribution >= 4 is 23.1 Å². The minimum atomic E-state index is -4.65. The lowest BCUT2D eigenvalue weighted by Gasteiger charge is -2.16. The smallest absolute Gasteiger partial charge is 0.368 e. The highest BCUT2D eigenvalue weighted by Crippen LogP contribution is 2.34. The highest BCUT2D eigenvalue weighted by molar-refractivity contribution is 6.30. The molecule has 5 nitrogen and oxygen atoms in total. The molecule has 12 heteroatoms. The van der Waals surface area contributed by atoms with Gasteiger partial charge in [0.05, 0.1) is 22.5 Å². The molecule has 3 heterocycles. The Balaban J connectivity index is 1.80. The van der Waals surface area contributed by atoms with Gasteiger partial charge in [0.1, 0.15) is 11.5 Å². The van der Waals surface area contributed by atoms with Gasteiger partial charge in [-0.15, -0.1) is 0 Å². The molecule has 1 atom stereocenters. The molecule has 172 valence electrons. The van der Waals surface area contributed by atoms with Gasteiger partial charge in [0, 0.05) is 23.0 Å². The van der Waals surface area contributed by atoms with Crippen molar-refractivity contribution in [2.45, 2.75) is 18.6 Å². The van der Waals surface area contributed by atoms with Gasteiger partial charge in [0.2, 0.25) is 0 Å². The zero-order chi connectivity index (χ0) is 24.0. The largest absolute Gasteiger partial charge is 0.417 e. The summed E-state index contributed by atoms with van der Waals surface area (Å²) < 4.78 is 79.2. The minimum Gasteiger partial charge on any atom is -0.368 e. The summed E-state index contributed by atoms with van der Waals surface area (Å²) in [5, 5.41) is 13.8. The molecule has 3 aromatic heterocycles. The molecule has 0 bridgehead atoms. The average Bonchev–Trinajstić information content (AvgIpc) is 3.12. The maximum absolute atomic E-state index is 13.3. The lowest BCUT2D eigenvalue weighted by molar-refractivity contribution is -0.138. The van der Waals surface area contributed by atoms with E-state index in [1.54, 1.807) is 24.3 Å². The number of benzene rings is 1. The number of aliphatic hydroxyl groups excluding tert-OH is 1. The van der Waals surface area contributed by atoms with Crippen LogP contribution < -0.4 is 5.32 Å². The molecule has 0 fully saturated rings. The van der Waals surface area contributed by atoms with E-state index in [-0.39, 0.29) is 22.9 Å². The number of hydrogen-bond donors (Lipinski definition) is 2. The van der Waals surface area contributed by atoms with Crippen LogP contribution >= 0.6 is 11.6 Å². The molecule has 4 rings (SSSR count). The second-order valence-electron chi connectivity index (χ2n) is 6.97. The van der Waals surface area contributed by atoms with Crippen molar-refractivity contribution in [1.29, 1.82) is 0 Å². The number of aromatic nitrogens is 3. The number of pyridine rings is 2. The first-order valence-corrected chi connectivity index (χ1v) is 9.64. The van der Waals surface area contributed by atoms with Crippen molar-refractivity contribution in [3.8, 4) is 11.3 Å². The summed E-state index contributed by atoms with van der Waals surface area (Å²) in [5.74, 6) is -0.125. The normalized spacial score (nSPS) is 13.3. The fraction of sp³-hybridized carbons (Fsp3) is 0.143. The molecule has 1 unspecified atom stereocenters. The number of rotatable bonds is 4. The van der Waals surface area contributed by atoms with Crippen LogP contribution in [0.4, 0.5) is 32.2 Å². The third-order valence-electron chi connectivity index (χ3n) is 4.73. The number of nitrogens with one attached hydrogen (secondary N) is 1. The Morgan fingerprint density at radius 3 is 2.09 bits per heavy atom. The fourth-order valence-electron chi connectivity index (χ4n) is 3.17. The number of nitrogens with zero attached hydrogens (tertiary/aromatic N) is 3. The monoisotopic (exact) mass is 486 g/mol. The first-order valence-electron chi connectivity index (χ1n) is 9.26. The highest BCUT2D eigenvalue weighted by atomic mass is 35.5. The molecule has 4 aromatic rings. The van der Waals surface area contributed by atoms with E-state index in [9.17, 15) is 31.4 Å². The molecule has 33 heavy (non-hydrogen) atoms. The zero-order valence-electron chi connectivity index (χ0n) is 16.3. The van der Waals surface area contributed by atoms with Gasteiger partial charge in [-0.1, -0.05) is 23.7 Å². The van der Waals surface area contributed by atoms with E-state index in [0.29, 0.717) is 16.8 Å². The van der Waals surface area contributed by atoms with E-state index >= 15 is 0 Å². The minimum absolute atomic E-state index is 0.0693. The number of alkyl halides is 6. The number of anilines is 1. The van der Waals surface area contributed by atoms with Crippen molar-refractivity contribution < 1.29 is 31.4 Å². The molecular formula is C21H13ClF6N4O. The van der Waals surface area contributed by atoms with Gasteiger partial charge in [-0.25, -0.2) is 9.97 Å². The predicted molar refractivity (Wildman–Crippen MR) is 108 cm³/mol. The van der Waals surface area contributed by atoms with Crippen LogP contribution in [0, 0.1) is 0 Å².